The molecule has 0 aliphatic carbocycles. The molecule has 0 saturated carbocycles. The van der Waals surface area contributed by atoms with Crippen LogP contribution in [0.5, 0.6) is 0 Å². The second kappa shape index (κ2) is 4.12. The number of hydrogen-bond acceptors (Lipinski definition) is 2. The molecule has 1 rings (SSSR count). The lowest BCUT2D eigenvalue weighted by Crippen LogP contribution is -2.41. The van der Waals surface area contributed by atoms with Crippen molar-refractivity contribution in [2.75, 3.05) is 0 Å². The zero-order valence-electron chi connectivity index (χ0n) is 10.4. The standard InChI is InChI=1S/C11H20BClO2/c1-8(2)7-9(13)12-14-10(3,4)11(5,6)15-12/h7-8H,1-6H3. The molecule has 0 aromatic rings. The van der Waals surface area contributed by atoms with Gasteiger partial charge in [0, 0.05) is 4.93 Å². The van der Waals surface area contributed by atoms with Gasteiger partial charge in [-0.05, 0) is 33.6 Å². The Morgan fingerprint density at radius 1 is 1.13 bits per heavy atom. The van der Waals surface area contributed by atoms with Gasteiger partial charge in [0.05, 0.1) is 11.2 Å². The van der Waals surface area contributed by atoms with Gasteiger partial charge in [-0.1, -0.05) is 31.5 Å². The second-order valence-corrected chi connectivity index (χ2v) is 5.82. The van der Waals surface area contributed by atoms with Crippen molar-refractivity contribution in [2.24, 2.45) is 5.92 Å². The van der Waals surface area contributed by atoms with E-state index in [0.717, 1.165) is 0 Å². The molecule has 0 spiro atoms. The van der Waals surface area contributed by atoms with Gasteiger partial charge < -0.3 is 9.31 Å². The summed E-state index contributed by atoms with van der Waals surface area (Å²) >= 11 is 6.15. The first-order chi connectivity index (χ1) is 6.66. The van der Waals surface area contributed by atoms with E-state index in [-0.39, 0.29) is 11.2 Å². The van der Waals surface area contributed by atoms with Gasteiger partial charge in [0.2, 0.25) is 0 Å². The minimum Gasteiger partial charge on any atom is -0.399 e. The van der Waals surface area contributed by atoms with Crippen LogP contribution in [0, 0.1) is 5.92 Å². The third-order valence-electron chi connectivity index (χ3n) is 2.97. The van der Waals surface area contributed by atoms with Crippen LogP contribution in [-0.4, -0.2) is 18.3 Å². The molecule has 0 radical (unpaired) electrons. The molecule has 1 saturated heterocycles. The number of allylic oxidation sites excluding steroid dienone is 1. The third-order valence-corrected chi connectivity index (χ3v) is 3.28. The van der Waals surface area contributed by atoms with Crippen molar-refractivity contribution in [3.8, 4) is 0 Å². The van der Waals surface area contributed by atoms with Crippen molar-refractivity contribution in [3.63, 3.8) is 0 Å². The lowest BCUT2D eigenvalue weighted by atomic mass is 9.88. The van der Waals surface area contributed by atoms with Crippen molar-refractivity contribution in [3.05, 3.63) is 11.0 Å². The highest BCUT2D eigenvalue weighted by atomic mass is 35.5. The molecule has 1 fully saturated rings. The first-order valence-electron chi connectivity index (χ1n) is 5.38. The van der Waals surface area contributed by atoms with E-state index in [4.69, 9.17) is 20.9 Å². The summed E-state index contributed by atoms with van der Waals surface area (Å²) < 4.78 is 11.6. The SMILES string of the molecule is CC(C)C=C(Cl)B1OC(C)(C)C(C)(C)O1. The van der Waals surface area contributed by atoms with E-state index in [0.29, 0.717) is 10.8 Å². The molecule has 2 nitrogen and oxygen atoms in total. The maximum Gasteiger partial charge on any atom is 0.506 e. The Labute approximate surface area is 98.1 Å². The lowest BCUT2D eigenvalue weighted by molar-refractivity contribution is 0.00578. The van der Waals surface area contributed by atoms with Crippen molar-refractivity contribution in [2.45, 2.75) is 52.7 Å². The van der Waals surface area contributed by atoms with E-state index >= 15 is 0 Å². The Morgan fingerprint density at radius 3 is 1.87 bits per heavy atom. The summed E-state index contributed by atoms with van der Waals surface area (Å²) in [4.78, 5) is 0.642. The van der Waals surface area contributed by atoms with Crippen molar-refractivity contribution < 1.29 is 9.31 Å². The maximum absolute atomic E-state index is 6.15. The molecule has 86 valence electrons. The fourth-order valence-electron chi connectivity index (χ4n) is 1.35. The molecule has 1 aliphatic rings. The number of rotatable bonds is 2. The predicted octanol–water partition coefficient (Wildman–Crippen LogP) is 3.40. The average Bonchev–Trinajstić information content (AvgIpc) is 2.20. The van der Waals surface area contributed by atoms with E-state index in [9.17, 15) is 0 Å². The molecule has 0 atom stereocenters. The van der Waals surface area contributed by atoms with Gasteiger partial charge >= 0.3 is 7.12 Å². The van der Waals surface area contributed by atoms with Crippen LogP contribution in [0.3, 0.4) is 0 Å². The Hall–Kier alpha value is 0.0149. The van der Waals surface area contributed by atoms with Crippen LogP contribution in [-0.2, 0) is 9.31 Å². The zero-order chi connectivity index (χ0) is 11.9. The highest BCUT2D eigenvalue weighted by molar-refractivity contribution is 6.69. The molecule has 4 heteroatoms. The van der Waals surface area contributed by atoms with Crippen LogP contribution in [0.1, 0.15) is 41.5 Å². The van der Waals surface area contributed by atoms with Crippen molar-refractivity contribution >= 4 is 18.7 Å². The van der Waals surface area contributed by atoms with Crippen LogP contribution < -0.4 is 0 Å². The molecule has 0 aromatic carbocycles. The maximum atomic E-state index is 6.15. The summed E-state index contributed by atoms with van der Waals surface area (Å²) in [6, 6.07) is 0. The molecular weight excluding hydrogens is 210 g/mol. The first kappa shape index (κ1) is 13.1. The zero-order valence-corrected chi connectivity index (χ0v) is 11.2. The molecule has 0 aromatic heterocycles. The lowest BCUT2D eigenvalue weighted by Gasteiger charge is -2.32. The highest BCUT2D eigenvalue weighted by Crippen LogP contribution is 2.39. The Bertz CT molecular complexity index is 256. The molecule has 0 N–H and O–H groups in total. The number of halogens is 1. The summed E-state index contributed by atoms with van der Waals surface area (Å²) in [5, 5.41) is 0. The number of hydrogen-bond donors (Lipinski definition) is 0. The molecule has 1 heterocycles. The van der Waals surface area contributed by atoms with Crippen LogP contribution >= 0.6 is 11.6 Å². The third kappa shape index (κ3) is 2.77. The van der Waals surface area contributed by atoms with E-state index in [2.05, 4.69) is 13.8 Å². The average molecular weight is 231 g/mol. The topological polar surface area (TPSA) is 18.5 Å². The van der Waals surface area contributed by atoms with Crippen molar-refractivity contribution in [1.29, 1.82) is 0 Å². The summed E-state index contributed by atoms with van der Waals surface area (Å²) in [5.41, 5.74) is -0.634. The van der Waals surface area contributed by atoms with Crippen LogP contribution in [0.25, 0.3) is 0 Å². The first-order valence-corrected chi connectivity index (χ1v) is 5.76. The molecular formula is C11H20BClO2. The molecule has 0 bridgehead atoms. The predicted molar refractivity (Wildman–Crippen MR) is 64.9 cm³/mol. The second-order valence-electron chi connectivity index (χ2n) is 5.38. The minimum atomic E-state index is -0.418. The summed E-state index contributed by atoms with van der Waals surface area (Å²) in [6.07, 6.45) is 1.96. The largest absolute Gasteiger partial charge is 0.506 e. The van der Waals surface area contributed by atoms with Gasteiger partial charge in [-0.15, -0.1) is 0 Å². The Kier molecular flexibility index (Phi) is 3.59. The monoisotopic (exact) mass is 230 g/mol. The van der Waals surface area contributed by atoms with Gasteiger partial charge in [-0.25, -0.2) is 0 Å². The fraction of sp³-hybridized carbons (Fsp3) is 0.818. The van der Waals surface area contributed by atoms with Gasteiger partial charge in [0.25, 0.3) is 0 Å². The van der Waals surface area contributed by atoms with Gasteiger partial charge in [-0.2, -0.15) is 0 Å². The quantitative estimate of drug-likeness (QED) is 0.677. The molecule has 1 aliphatic heterocycles. The van der Waals surface area contributed by atoms with Crippen LogP contribution in [0.2, 0.25) is 0 Å². The summed E-state index contributed by atoms with van der Waals surface area (Å²) in [6.45, 7) is 12.2. The van der Waals surface area contributed by atoms with E-state index < -0.39 is 7.12 Å². The molecule has 0 amide bonds. The Morgan fingerprint density at radius 2 is 1.53 bits per heavy atom. The summed E-state index contributed by atoms with van der Waals surface area (Å²) in [5.74, 6) is 0.400. The van der Waals surface area contributed by atoms with Crippen LogP contribution in [0.15, 0.2) is 11.0 Å². The van der Waals surface area contributed by atoms with E-state index in [1.807, 2.05) is 33.8 Å². The smallest absolute Gasteiger partial charge is 0.399 e. The van der Waals surface area contributed by atoms with Crippen molar-refractivity contribution in [1.82, 2.24) is 0 Å². The highest BCUT2D eigenvalue weighted by Gasteiger charge is 2.52. The Balaban J connectivity index is 2.79. The molecule has 0 unspecified atom stereocenters. The van der Waals surface area contributed by atoms with Gasteiger partial charge in [0.1, 0.15) is 0 Å². The summed E-state index contributed by atoms with van der Waals surface area (Å²) in [7, 11) is -0.418. The van der Waals surface area contributed by atoms with E-state index in [1.165, 1.54) is 0 Å². The minimum absolute atomic E-state index is 0.317. The van der Waals surface area contributed by atoms with Gasteiger partial charge in [-0.3, -0.25) is 0 Å². The van der Waals surface area contributed by atoms with E-state index in [1.54, 1.807) is 0 Å². The fourth-order valence-corrected chi connectivity index (χ4v) is 1.69. The normalized spacial score (nSPS) is 25.1. The molecule has 15 heavy (non-hydrogen) atoms. The van der Waals surface area contributed by atoms with Gasteiger partial charge in [0.15, 0.2) is 0 Å². The van der Waals surface area contributed by atoms with Crippen LogP contribution in [0.4, 0.5) is 0 Å².